The first-order chi connectivity index (χ1) is 16.2. The highest BCUT2D eigenvalue weighted by Gasteiger charge is 2.38. The van der Waals surface area contributed by atoms with Crippen LogP contribution in [0, 0.1) is 0 Å². The van der Waals surface area contributed by atoms with Crippen molar-refractivity contribution in [3.05, 3.63) is 131 Å². The molecule has 0 amide bonds. The van der Waals surface area contributed by atoms with Crippen LogP contribution in [0.2, 0.25) is 0 Å². The Hall–Kier alpha value is -3.60. The van der Waals surface area contributed by atoms with Gasteiger partial charge in [-0.05, 0) is 52.1 Å². The zero-order valence-electron chi connectivity index (χ0n) is 18.9. The minimum atomic E-state index is -0.887. The van der Waals surface area contributed by atoms with E-state index in [1.807, 2.05) is 91.0 Å². The Morgan fingerprint density at radius 3 is 1.52 bits per heavy atom. The first-order valence-electron chi connectivity index (χ1n) is 10.9. The number of rotatable bonds is 9. The molecule has 4 nitrogen and oxygen atoms in total. The number of hydrogen-bond acceptors (Lipinski definition) is 4. The van der Waals surface area contributed by atoms with Gasteiger partial charge in [-0.3, -0.25) is 0 Å². The molecule has 0 bridgehead atoms. The number of hydrogen-bond donors (Lipinski definition) is 1. The largest absolute Gasteiger partial charge is 0.497 e. The highest BCUT2D eigenvalue weighted by atomic mass is 16.5. The second-order valence-corrected chi connectivity index (χ2v) is 7.72. The van der Waals surface area contributed by atoms with Crippen molar-refractivity contribution in [1.82, 2.24) is 0 Å². The zero-order chi connectivity index (χ0) is 23.1. The molecule has 0 aliphatic rings. The first-order valence-corrected chi connectivity index (χ1v) is 10.9. The molecule has 4 heteroatoms. The monoisotopic (exact) mass is 440 g/mol. The lowest BCUT2D eigenvalue weighted by Gasteiger charge is -2.36. The fraction of sp³-hybridized carbons (Fsp3) is 0.172. The Morgan fingerprint density at radius 2 is 1.03 bits per heavy atom. The first kappa shape index (κ1) is 22.6. The number of ether oxygens (including phenoxy) is 3. The molecular formula is C29H28O4. The van der Waals surface area contributed by atoms with Crippen LogP contribution in [-0.2, 0) is 23.6 Å². The lowest BCUT2D eigenvalue weighted by Crippen LogP contribution is -2.33. The summed E-state index contributed by atoms with van der Waals surface area (Å²) in [7, 11) is 3.32. The molecule has 0 saturated heterocycles. The summed E-state index contributed by atoms with van der Waals surface area (Å²) in [5.74, 6) is 1.56. The average molecular weight is 441 g/mol. The lowest BCUT2D eigenvalue weighted by molar-refractivity contribution is -0.000497. The van der Waals surface area contributed by atoms with Crippen molar-refractivity contribution < 1.29 is 19.3 Å². The van der Waals surface area contributed by atoms with E-state index in [2.05, 4.69) is 12.1 Å². The molecule has 0 aliphatic heterocycles. The molecule has 0 aromatic heterocycles. The molecule has 4 aromatic rings. The van der Waals surface area contributed by atoms with Gasteiger partial charge in [-0.15, -0.1) is 0 Å². The maximum absolute atomic E-state index is 9.83. The summed E-state index contributed by atoms with van der Waals surface area (Å²) < 4.78 is 17.7. The Morgan fingerprint density at radius 1 is 0.576 bits per heavy atom. The molecule has 33 heavy (non-hydrogen) atoms. The Labute approximate surface area is 195 Å². The van der Waals surface area contributed by atoms with E-state index in [0.717, 1.165) is 39.3 Å². The predicted molar refractivity (Wildman–Crippen MR) is 129 cm³/mol. The second-order valence-electron chi connectivity index (χ2n) is 7.72. The van der Waals surface area contributed by atoms with E-state index in [1.54, 1.807) is 14.2 Å². The summed E-state index contributed by atoms with van der Waals surface area (Å²) in [6.45, 7) is 0.284. The van der Waals surface area contributed by atoms with Crippen LogP contribution in [0.4, 0.5) is 0 Å². The predicted octanol–water partition coefficient (Wildman–Crippen LogP) is 5.70. The minimum Gasteiger partial charge on any atom is -0.497 e. The van der Waals surface area contributed by atoms with Crippen LogP contribution in [-0.4, -0.2) is 19.3 Å². The molecule has 0 heterocycles. The van der Waals surface area contributed by atoms with E-state index in [-0.39, 0.29) is 6.61 Å². The molecular weight excluding hydrogens is 412 g/mol. The Balaban J connectivity index is 1.90. The van der Waals surface area contributed by atoms with Gasteiger partial charge in [0.1, 0.15) is 17.1 Å². The molecule has 0 spiro atoms. The van der Waals surface area contributed by atoms with Crippen LogP contribution in [0.25, 0.3) is 0 Å². The van der Waals surface area contributed by atoms with Crippen LogP contribution in [0.15, 0.2) is 103 Å². The van der Waals surface area contributed by atoms with Gasteiger partial charge in [0.25, 0.3) is 0 Å². The van der Waals surface area contributed by atoms with Crippen molar-refractivity contribution in [3.8, 4) is 11.5 Å². The molecule has 0 aliphatic carbocycles. The number of methoxy groups -OCH3 is 2. The number of benzene rings is 4. The topological polar surface area (TPSA) is 47.9 Å². The fourth-order valence-electron chi connectivity index (χ4n) is 4.11. The fourth-order valence-corrected chi connectivity index (χ4v) is 4.11. The molecule has 4 aromatic carbocycles. The highest BCUT2D eigenvalue weighted by molar-refractivity contribution is 5.49. The summed E-state index contributed by atoms with van der Waals surface area (Å²) in [6.07, 6.45) is 0. The van der Waals surface area contributed by atoms with Crippen molar-refractivity contribution in [2.75, 3.05) is 14.2 Å². The van der Waals surface area contributed by atoms with Crippen molar-refractivity contribution in [2.24, 2.45) is 0 Å². The SMILES string of the molecule is COc1ccc(C(OCc2ccccc2CO)(c2ccccc2)c2ccc(OC)cc2)cc1. The normalized spacial score (nSPS) is 11.2. The van der Waals surface area contributed by atoms with Crippen molar-refractivity contribution >= 4 is 0 Å². The summed E-state index contributed by atoms with van der Waals surface area (Å²) in [5.41, 5.74) is 3.86. The summed E-state index contributed by atoms with van der Waals surface area (Å²) in [5, 5.41) is 9.83. The minimum absolute atomic E-state index is 0.0387. The van der Waals surface area contributed by atoms with E-state index in [0.29, 0.717) is 6.61 Å². The third-order valence-corrected chi connectivity index (χ3v) is 5.91. The van der Waals surface area contributed by atoms with E-state index in [9.17, 15) is 5.11 Å². The van der Waals surface area contributed by atoms with Gasteiger partial charge in [0, 0.05) is 0 Å². The van der Waals surface area contributed by atoms with Crippen molar-refractivity contribution in [2.45, 2.75) is 18.8 Å². The van der Waals surface area contributed by atoms with E-state index in [4.69, 9.17) is 14.2 Å². The molecule has 168 valence electrons. The van der Waals surface area contributed by atoms with E-state index in [1.165, 1.54) is 0 Å². The van der Waals surface area contributed by atoms with Gasteiger partial charge >= 0.3 is 0 Å². The zero-order valence-corrected chi connectivity index (χ0v) is 18.9. The van der Waals surface area contributed by atoms with Gasteiger partial charge in [-0.2, -0.15) is 0 Å². The molecule has 4 rings (SSSR count). The van der Waals surface area contributed by atoms with Crippen LogP contribution in [0.1, 0.15) is 27.8 Å². The third-order valence-electron chi connectivity index (χ3n) is 5.91. The summed E-state index contributed by atoms with van der Waals surface area (Å²) in [4.78, 5) is 0. The molecule has 0 radical (unpaired) electrons. The summed E-state index contributed by atoms with van der Waals surface area (Å²) in [6, 6.07) is 33.9. The standard InChI is InChI=1S/C29H28O4/c1-31-27-16-12-25(13-17-27)29(24-10-4-3-5-11-24,26-14-18-28(32-2)19-15-26)33-21-23-9-7-6-8-22(23)20-30/h3-19,30H,20-21H2,1-2H3. The van der Waals surface area contributed by atoms with Crippen LogP contribution in [0.5, 0.6) is 11.5 Å². The quantitative estimate of drug-likeness (QED) is 0.339. The van der Waals surface area contributed by atoms with Crippen LogP contribution in [0.3, 0.4) is 0 Å². The van der Waals surface area contributed by atoms with Crippen LogP contribution < -0.4 is 9.47 Å². The molecule has 0 fully saturated rings. The second kappa shape index (κ2) is 10.3. The lowest BCUT2D eigenvalue weighted by atomic mass is 9.80. The van der Waals surface area contributed by atoms with Gasteiger partial charge in [-0.25, -0.2) is 0 Å². The van der Waals surface area contributed by atoms with Gasteiger partial charge in [0.2, 0.25) is 0 Å². The maximum Gasteiger partial charge on any atom is 0.144 e. The van der Waals surface area contributed by atoms with Crippen molar-refractivity contribution in [1.29, 1.82) is 0 Å². The van der Waals surface area contributed by atoms with E-state index >= 15 is 0 Å². The molecule has 0 atom stereocenters. The van der Waals surface area contributed by atoms with Crippen molar-refractivity contribution in [3.63, 3.8) is 0 Å². The molecule has 0 unspecified atom stereocenters. The van der Waals surface area contributed by atoms with Gasteiger partial charge < -0.3 is 19.3 Å². The van der Waals surface area contributed by atoms with Gasteiger partial charge in [-0.1, -0.05) is 78.9 Å². The number of aliphatic hydroxyl groups is 1. The Kier molecular flexibility index (Phi) is 7.08. The highest BCUT2D eigenvalue weighted by Crippen LogP contribution is 2.42. The van der Waals surface area contributed by atoms with E-state index < -0.39 is 5.60 Å². The maximum atomic E-state index is 9.83. The molecule has 0 saturated carbocycles. The Bertz CT molecular complexity index is 1100. The smallest absolute Gasteiger partial charge is 0.144 e. The number of aliphatic hydroxyl groups excluding tert-OH is 1. The third kappa shape index (κ3) is 4.63. The van der Waals surface area contributed by atoms with Crippen LogP contribution >= 0.6 is 0 Å². The average Bonchev–Trinajstić information content (AvgIpc) is 2.90. The summed E-state index contributed by atoms with van der Waals surface area (Å²) >= 11 is 0. The van der Waals surface area contributed by atoms with Gasteiger partial charge in [0.05, 0.1) is 27.4 Å². The van der Waals surface area contributed by atoms with Gasteiger partial charge in [0.15, 0.2) is 0 Å². The molecule has 1 N–H and O–H groups in total.